The van der Waals surface area contributed by atoms with Crippen LogP contribution in [0, 0.1) is 0 Å². The smallest absolute Gasteiger partial charge is 0.330 e. The number of nitrogens with one attached hydrogen (secondary N) is 1. The summed E-state index contributed by atoms with van der Waals surface area (Å²) in [5.74, 6) is 0. The van der Waals surface area contributed by atoms with Crippen molar-refractivity contribution in [3.05, 3.63) is 32.6 Å². The predicted octanol–water partition coefficient (Wildman–Crippen LogP) is -0.773. The second kappa shape index (κ2) is 8.68. The Morgan fingerprint density at radius 3 is 2.65 bits per heavy atom. The first kappa shape index (κ1) is 16.6. The fraction of sp³-hybridized carbons (Fsp3) is 0.692. The molecule has 0 atom stereocenters. The molecule has 114 valence electrons. The van der Waals surface area contributed by atoms with E-state index in [4.69, 9.17) is 9.47 Å². The highest BCUT2D eigenvalue weighted by Crippen LogP contribution is 1.88. The third-order valence-electron chi connectivity index (χ3n) is 2.91. The molecule has 0 bridgehead atoms. The average Bonchev–Trinajstić information content (AvgIpc) is 2.44. The molecule has 0 spiro atoms. The van der Waals surface area contributed by atoms with Crippen molar-refractivity contribution in [2.24, 2.45) is 14.1 Å². The van der Waals surface area contributed by atoms with E-state index in [2.05, 4.69) is 5.32 Å². The third kappa shape index (κ3) is 4.92. The number of hydrogen-bond donors (Lipinski definition) is 1. The first-order valence-electron chi connectivity index (χ1n) is 6.61. The third-order valence-corrected chi connectivity index (χ3v) is 2.91. The first-order valence-corrected chi connectivity index (χ1v) is 6.61. The van der Waals surface area contributed by atoms with Crippen molar-refractivity contribution in [1.82, 2.24) is 14.5 Å². The van der Waals surface area contributed by atoms with Gasteiger partial charge in [-0.25, -0.2) is 4.79 Å². The molecular weight excluding hydrogens is 262 g/mol. The van der Waals surface area contributed by atoms with Gasteiger partial charge in [0.15, 0.2) is 0 Å². The summed E-state index contributed by atoms with van der Waals surface area (Å²) in [6.07, 6.45) is 2.43. The maximum atomic E-state index is 11.9. The molecule has 20 heavy (non-hydrogen) atoms. The maximum Gasteiger partial charge on any atom is 0.330 e. The minimum absolute atomic E-state index is 0.253. The fourth-order valence-electron chi connectivity index (χ4n) is 1.77. The SMILES string of the molecule is COCCOCCCNCc1cn(C)c(=O)n(C)c1=O. The quantitative estimate of drug-likeness (QED) is 0.603. The predicted molar refractivity (Wildman–Crippen MR) is 75.9 cm³/mol. The molecular formula is C13H23N3O4. The summed E-state index contributed by atoms with van der Waals surface area (Å²) in [5.41, 5.74) is 0.0112. The Bertz CT molecular complexity index is 521. The van der Waals surface area contributed by atoms with Crippen LogP contribution in [0.1, 0.15) is 12.0 Å². The van der Waals surface area contributed by atoms with Crippen molar-refractivity contribution >= 4 is 0 Å². The van der Waals surface area contributed by atoms with E-state index in [0.29, 0.717) is 31.9 Å². The van der Waals surface area contributed by atoms with Crippen LogP contribution in [0.15, 0.2) is 15.8 Å². The maximum absolute atomic E-state index is 11.9. The largest absolute Gasteiger partial charge is 0.382 e. The Kier molecular flexibility index (Phi) is 7.21. The summed E-state index contributed by atoms with van der Waals surface area (Å²) in [4.78, 5) is 23.4. The highest BCUT2D eigenvalue weighted by atomic mass is 16.5. The van der Waals surface area contributed by atoms with Crippen LogP contribution in [-0.4, -0.2) is 42.6 Å². The van der Waals surface area contributed by atoms with Gasteiger partial charge in [0.25, 0.3) is 5.56 Å². The molecule has 0 aliphatic carbocycles. The molecule has 0 aromatic carbocycles. The van der Waals surface area contributed by atoms with E-state index >= 15 is 0 Å². The lowest BCUT2D eigenvalue weighted by Gasteiger charge is -2.08. The average molecular weight is 285 g/mol. The van der Waals surface area contributed by atoms with Crippen molar-refractivity contribution in [2.75, 3.05) is 33.5 Å². The topological polar surface area (TPSA) is 74.5 Å². The van der Waals surface area contributed by atoms with Gasteiger partial charge in [-0.15, -0.1) is 0 Å². The number of ether oxygens (including phenoxy) is 2. The van der Waals surface area contributed by atoms with Crippen LogP contribution in [0.25, 0.3) is 0 Å². The zero-order chi connectivity index (χ0) is 15.0. The summed E-state index contributed by atoms with van der Waals surface area (Å²) >= 11 is 0. The molecule has 0 fully saturated rings. The normalized spacial score (nSPS) is 10.9. The van der Waals surface area contributed by atoms with Crippen LogP contribution in [0.2, 0.25) is 0 Å². The molecule has 0 aliphatic rings. The van der Waals surface area contributed by atoms with E-state index in [1.165, 1.54) is 11.6 Å². The highest BCUT2D eigenvalue weighted by Gasteiger charge is 2.05. The summed E-state index contributed by atoms with van der Waals surface area (Å²) in [6.45, 7) is 3.04. The van der Waals surface area contributed by atoms with Gasteiger partial charge in [0, 0.05) is 46.1 Å². The van der Waals surface area contributed by atoms with Crippen LogP contribution in [0.3, 0.4) is 0 Å². The number of aryl methyl sites for hydroxylation is 1. The van der Waals surface area contributed by atoms with E-state index < -0.39 is 0 Å². The molecule has 0 saturated carbocycles. The monoisotopic (exact) mass is 285 g/mol. The Labute approximate surface area is 118 Å². The van der Waals surface area contributed by atoms with Crippen molar-refractivity contribution in [2.45, 2.75) is 13.0 Å². The number of methoxy groups -OCH3 is 1. The number of aromatic nitrogens is 2. The lowest BCUT2D eigenvalue weighted by atomic mass is 10.3. The second-order valence-electron chi connectivity index (χ2n) is 4.55. The molecule has 1 heterocycles. The van der Waals surface area contributed by atoms with Crippen LogP contribution in [0.4, 0.5) is 0 Å². The van der Waals surface area contributed by atoms with Gasteiger partial charge in [-0.05, 0) is 13.0 Å². The van der Waals surface area contributed by atoms with Crippen LogP contribution in [-0.2, 0) is 30.1 Å². The van der Waals surface area contributed by atoms with Crippen molar-refractivity contribution in [1.29, 1.82) is 0 Å². The van der Waals surface area contributed by atoms with Crippen LogP contribution < -0.4 is 16.6 Å². The zero-order valence-corrected chi connectivity index (χ0v) is 12.3. The molecule has 1 N–H and O–H groups in total. The number of hydrogen-bond acceptors (Lipinski definition) is 5. The van der Waals surface area contributed by atoms with Gasteiger partial charge in [-0.3, -0.25) is 9.36 Å². The van der Waals surface area contributed by atoms with E-state index in [-0.39, 0.29) is 11.2 Å². The Morgan fingerprint density at radius 1 is 1.20 bits per heavy atom. The minimum Gasteiger partial charge on any atom is -0.382 e. The molecule has 0 unspecified atom stereocenters. The molecule has 1 aromatic heterocycles. The lowest BCUT2D eigenvalue weighted by molar-refractivity contribution is 0.0694. The Hall–Kier alpha value is -1.44. The van der Waals surface area contributed by atoms with Gasteiger partial charge in [0.1, 0.15) is 0 Å². The van der Waals surface area contributed by atoms with Crippen LogP contribution in [0.5, 0.6) is 0 Å². The van der Waals surface area contributed by atoms with E-state index in [1.807, 2.05) is 0 Å². The summed E-state index contributed by atoms with van der Waals surface area (Å²) in [5, 5.41) is 3.17. The van der Waals surface area contributed by atoms with Crippen molar-refractivity contribution in [3.63, 3.8) is 0 Å². The first-order chi connectivity index (χ1) is 9.57. The molecule has 0 aliphatic heterocycles. The molecule has 1 rings (SSSR count). The molecule has 0 radical (unpaired) electrons. The van der Waals surface area contributed by atoms with Gasteiger partial charge in [0.05, 0.1) is 13.2 Å². The Balaban J connectivity index is 2.33. The lowest BCUT2D eigenvalue weighted by Crippen LogP contribution is -2.39. The Morgan fingerprint density at radius 2 is 1.95 bits per heavy atom. The summed E-state index contributed by atoms with van der Waals surface area (Å²) < 4.78 is 12.7. The summed E-state index contributed by atoms with van der Waals surface area (Å²) in [6, 6.07) is 0. The van der Waals surface area contributed by atoms with Gasteiger partial charge in [-0.2, -0.15) is 0 Å². The minimum atomic E-state index is -0.315. The van der Waals surface area contributed by atoms with Crippen molar-refractivity contribution < 1.29 is 9.47 Å². The fourth-order valence-corrected chi connectivity index (χ4v) is 1.77. The van der Waals surface area contributed by atoms with E-state index in [9.17, 15) is 9.59 Å². The van der Waals surface area contributed by atoms with Gasteiger partial charge in [0.2, 0.25) is 0 Å². The summed E-state index contributed by atoms with van der Waals surface area (Å²) in [7, 11) is 4.76. The molecule has 0 amide bonds. The van der Waals surface area contributed by atoms with Crippen molar-refractivity contribution in [3.8, 4) is 0 Å². The van der Waals surface area contributed by atoms with Gasteiger partial charge in [-0.1, -0.05) is 0 Å². The number of rotatable bonds is 9. The van der Waals surface area contributed by atoms with Gasteiger partial charge < -0.3 is 19.4 Å². The standard InChI is InChI=1S/C13H23N3O4/c1-15-10-11(12(17)16(2)13(15)18)9-14-5-4-6-20-8-7-19-3/h10,14H,4-9H2,1-3H3. The molecule has 7 heteroatoms. The van der Waals surface area contributed by atoms with E-state index in [1.54, 1.807) is 20.4 Å². The number of nitrogens with zero attached hydrogens (tertiary/aromatic N) is 2. The molecule has 0 saturated heterocycles. The molecule has 1 aromatic rings. The molecule has 7 nitrogen and oxygen atoms in total. The zero-order valence-electron chi connectivity index (χ0n) is 12.3. The highest BCUT2D eigenvalue weighted by molar-refractivity contribution is 5.05. The van der Waals surface area contributed by atoms with E-state index in [0.717, 1.165) is 17.5 Å². The van der Waals surface area contributed by atoms with Gasteiger partial charge >= 0.3 is 5.69 Å². The van der Waals surface area contributed by atoms with Crippen LogP contribution >= 0.6 is 0 Å². The second-order valence-corrected chi connectivity index (χ2v) is 4.55.